The van der Waals surface area contributed by atoms with E-state index in [2.05, 4.69) is 4.99 Å². The molecule has 0 amide bonds. The predicted molar refractivity (Wildman–Crippen MR) is 128 cm³/mol. The lowest BCUT2D eigenvalue weighted by Gasteiger charge is -2.16. The van der Waals surface area contributed by atoms with Crippen molar-refractivity contribution in [2.45, 2.75) is 56.5 Å². The van der Waals surface area contributed by atoms with Gasteiger partial charge in [0, 0.05) is 34.3 Å². The highest BCUT2D eigenvalue weighted by molar-refractivity contribution is 8.39. The number of aryl methyl sites for hydroxylation is 1. The van der Waals surface area contributed by atoms with E-state index in [1.165, 1.54) is 29.2 Å². The maximum absolute atomic E-state index is 13.1. The molecule has 0 spiro atoms. The third-order valence-corrected chi connectivity index (χ3v) is 9.53. The summed E-state index contributed by atoms with van der Waals surface area (Å²) in [5.74, 6) is 0.159. The Morgan fingerprint density at radius 2 is 2.09 bits per heavy atom. The molecular formula is C22H26F3NO3S3. The molecule has 1 N–H and O–H groups in total. The van der Waals surface area contributed by atoms with E-state index in [-0.39, 0.29) is 23.6 Å². The number of nitrogens with zero attached hydrogens (tertiary/aromatic N) is 1. The first-order chi connectivity index (χ1) is 15.1. The fourth-order valence-corrected chi connectivity index (χ4v) is 7.83. The maximum Gasteiger partial charge on any atom is 0.416 e. The molecule has 0 saturated carbocycles. The normalized spacial score (nSPS) is 20.0. The van der Waals surface area contributed by atoms with Crippen LogP contribution >= 0.6 is 34.9 Å². The third-order valence-electron chi connectivity index (χ3n) is 5.51. The first-order valence-corrected chi connectivity index (χ1v) is 13.0. The van der Waals surface area contributed by atoms with Gasteiger partial charge in [0.1, 0.15) is 4.38 Å². The Morgan fingerprint density at radius 1 is 1.34 bits per heavy atom. The molecule has 3 atom stereocenters. The van der Waals surface area contributed by atoms with Crippen LogP contribution in [-0.2, 0) is 15.7 Å². The Kier molecular flexibility index (Phi) is 8.57. The number of alkyl halides is 3. The molecule has 1 aromatic carbocycles. The van der Waals surface area contributed by atoms with Gasteiger partial charge in [-0.05, 0) is 55.7 Å². The van der Waals surface area contributed by atoms with Crippen LogP contribution in [0.25, 0.3) is 10.1 Å². The highest BCUT2D eigenvalue weighted by atomic mass is 32.2. The quantitative estimate of drug-likeness (QED) is 0.406. The van der Waals surface area contributed by atoms with Crippen molar-refractivity contribution in [1.82, 2.24) is 0 Å². The van der Waals surface area contributed by atoms with E-state index in [4.69, 9.17) is 9.84 Å². The number of rotatable bonds is 9. The van der Waals surface area contributed by atoms with Gasteiger partial charge >= 0.3 is 12.1 Å². The zero-order valence-corrected chi connectivity index (χ0v) is 20.5. The van der Waals surface area contributed by atoms with Crippen LogP contribution in [0, 0.1) is 6.92 Å². The number of thiophene rings is 1. The summed E-state index contributed by atoms with van der Waals surface area (Å²) >= 11 is 4.59. The minimum absolute atomic E-state index is 0.0180. The van der Waals surface area contributed by atoms with Crippen molar-refractivity contribution in [3.8, 4) is 0 Å². The van der Waals surface area contributed by atoms with Gasteiger partial charge in [0.05, 0.1) is 18.0 Å². The number of aliphatic carboxylic acids is 1. The van der Waals surface area contributed by atoms with E-state index in [0.717, 1.165) is 44.9 Å². The van der Waals surface area contributed by atoms with Crippen molar-refractivity contribution >= 4 is 55.3 Å². The summed E-state index contributed by atoms with van der Waals surface area (Å²) in [6.45, 7) is 4.49. The molecule has 1 aliphatic heterocycles. The van der Waals surface area contributed by atoms with Crippen LogP contribution < -0.4 is 0 Å². The number of hydrogen-bond acceptors (Lipinski definition) is 6. The Labute approximate surface area is 198 Å². The number of hydrogen-bond donors (Lipinski definition) is 1. The number of fused-ring (bicyclic) bond motifs is 1. The van der Waals surface area contributed by atoms with E-state index in [9.17, 15) is 18.0 Å². The number of carboxylic acid groups (broad SMARTS) is 1. The average Bonchev–Trinajstić information content (AvgIpc) is 3.22. The highest BCUT2D eigenvalue weighted by Crippen LogP contribution is 2.42. The first-order valence-electron chi connectivity index (χ1n) is 10.3. The number of ether oxygens (including phenoxy) is 1. The molecule has 0 saturated heterocycles. The summed E-state index contributed by atoms with van der Waals surface area (Å²) in [4.78, 5) is 16.7. The lowest BCUT2D eigenvalue weighted by atomic mass is 9.96. The van der Waals surface area contributed by atoms with Crippen molar-refractivity contribution in [2.75, 3.05) is 19.5 Å². The van der Waals surface area contributed by atoms with Crippen LogP contribution in [-0.4, -0.2) is 46.2 Å². The molecule has 2 aromatic rings. The van der Waals surface area contributed by atoms with E-state index in [1.54, 1.807) is 24.9 Å². The number of halogens is 3. The molecule has 176 valence electrons. The summed E-state index contributed by atoms with van der Waals surface area (Å²) < 4.78 is 46.2. The van der Waals surface area contributed by atoms with Crippen LogP contribution in [0.5, 0.6) is 0 Å². The van der Waals surface area contributed by atoms with Crippen LogP contribution in [0.3, 0.4) is 0 Å². The standard InChI is InChI=1S/C22H26F3NO3S3/c1-12-16-5-4-15(22(23,24)25)10-18(16)31-20(12)14(6-8-29-3)7-9-30-21-26-13(2)17(32-21)11-19(27)28/h4-5,10,13-14,17H,6-9,11H2,1-3H3,(H,27,28). The molecule has 0 bridgehead atoms. The van der Waals surface area contributed by atoms with E-state index in [0.29, 0.717) is 11.3 Å². The van der Waals surface area contributed by atoms with Crippen molar-refractivity contribution in [3.05, 3.63) is 34.2 Å². The van der Waals surface area contributed by atoms with Gasteiger partial charge in [0.2, 0.25) is 0 Å². The Bertz CT molecular complexity index is 990. The molecule has 1 aromatic heterocycles. The van der Waals surface area contributed by atoms with E-state index < -0.39 is 17.7 Å². The minimum atomic E-state index is -4.35. The van der Waals surface area contributed by atoms with Gasteiger partial charge in [-0.15, -0.1) is 11.3 Å². The molecule has 0 fully saturated rings. The second-order valence-corrected chi connectivity index (χ2v) is 11.5. The summed E-state index contributed by atoms with van der Waals surface area (Å²) in [5.41, 5.74) is 0.413. The molecule has 3 rings (SSSR count). The van der Waals surface area contributed by atoms with Gasteiger partial charge < -0.3 is 9.84 Å². The number of carboxylic acids is 1. The van der Waals surface area contributed by atoms with Gasteiger partial charge in [-0.1, -0.05) is 29.6 Å². The smallest absolute Gasteiger partial charge is 0.416 e. The van der Waals surface area contributed by atoms with Crippen LogP contribution in [0.15, 0.2) is 23.2 Å². The van der Waals surface area contributed by atoms with Crippen LogP contribution in [0.1, 0.15) is 48.1 Å². The molecule has 2 heterocycles. The molecule has 0 radical (unpaired) electrons. The molecule has 32 heavy (non-hydrogen) atoms. The average molecular weight is 506 g/mol. The lowest BCUT2D eigenvalue weighted by Crippen LogP contribution is -2.17. The zero-order chi connectivity index (χ0) is 23.5. The molecule has 10 heteroatoms. The van der Waals surface area contributed by atoms with Gasteiger partial charge in [-0.3, -0.25) is 9.79 Å². The number of aliphatic imine (C=N–C) groups is 1. The Balaban J connectivity index is 1.71. The van der Waals surface area contributed by atoms with Crippen molar-refractivity contribution in [2.24, 2.45) is 4.99 Å². The minimum Gasteiger partial charge on any atom is -0.481 e. The fraction of sp³-hybridized carbons (Fsp3) is 0.545. The second kappa shape index (κ2) is 10.8. The van der Waals surface area contributed by atoms with Crippen LogP contribution in [0.4, 0.5) is 13.2 Å². The summed E-state index contributed by atoms with van der Waals surface area (Å²) in [6, 6.07) is 3.95. The van der Waals surface area contributed by atoms with Crippen LogP contribution in [0.2, 0.25) is 0 Å². The lowest BCUT2D eigenvalue weighted by molar-refractivity contribution is -0.138. The number of methoxy groups -OCH3 is 1. The maximum atomic E-state index is 13.1. The van der Waals surface area contributed by atoms with Crippen molar-refractivity contribution in [1.29, 1.82) is 0 Å². The third kappa shape index (κ3) is 6.21. The van der Waals surface area contributed by atoms with Gasteiger partial charge in [0.15, 0.2) is 0 Å². The van der Waals surface area contributed by atoms with Gasteiger partial charge in [0.25, 0.3) is 0 Å². The zero-order valence-electron chi connectivity index (χ0n) is 18.1. The predicted octanol–water partition coefficient (Wildman–Crippen LogP) is 6.81. The van der Waals surface area contributed by atoms with E-state index >= 15 is 0 Å². The topological polar surface area (TPSA) is 58.9 Å². The number of carbonyl (C=O) groups is 1. The molecule has 3 unspecified atom stereocenters. The fourth-order valence-electron chi connectivity index (χ4n) is 3.73. The van der Waals surface area contributed by atoms with Crippen molar-refractivity contribution < 1.29 is 27.8 Å². The summed E-state index contributed by atoms with van der Waals surface area (Å²) in [7, 11) is 1.65. The molecular weight excluding hydrogens is 479 g/mol. The van der Waals surface area contributed by atoms with E-state index in [1.807, 2.05) is 13.8 Å². The number of benzene rings is 1. The Morgan fingerprint density at radius 3 is 2.75 bits per heavy atom. The molecule has 4 nitrogen and oxygen atoms in total. The first kappa shape index (κ1) is 25.4. The summed E-state index contributed by atoms with van der Waals surface area (Å²) in [5, 5.41) is 9.87. The molecule has 0 aliphatic carbocycles. The monoisotopic (exact) mass is 505 g/mol. The SMILES string of the molecule is COCCC(CCSC1=NC(C)C(CC(=O)O)S1)c1sc2cc(C(F)(F)F)ccc2c1C. The van der Waals surface area contributed by atoms with Crippen molar-refractivity contribution in [3.63, 3.8) is 0 Å². The van der Waals surface area contributed by atoms with Gasteiger partial charge in [-0.25, -0.2) is 0 Å². The Hall–Kier alpha value is -1.23. The number of thioether (sulfide) groups is 2. The second-order valence-electron chi connectivity index (χ2n) is 7.81. The summed E-state index contributed by atoms with van der Waals surface area (Å²) in [6.07, 6.45) is -2.63. The highest BCUT2D eigenvalue weighted by Gasteiger charge is 2.31. The molecule has 1 aliphatic rings. The largest absolute Gasteiger partial charge is 0.481 e. The van der Waals surface area contributed by atoms with Gasteiger partial charge in [-0.2, -0.15) is 13.2 Å².